The maximum atomic E-state index is 13.4. The van der Waals surface area contributed by atoms with Crippen LogP contribution in [0.25, 0.3) is 22.6 Å². The van der Waals surface area contributed by atoms with E-state index in [2.05, 4.69) is 20.3 Å². The molecule has 1 N–H and O–H groups in total. The van der Waals surface area contributed by atoms with Gasteiger partial charge in [0.25, 0.3) is 0 Å². The molecule has 0 aliphatic heterocycles. The Balaban J connectivity index is 1.70. The molecule has 32 heavy (non-hydrogen) atoms. The van der Waals surface area contributed by atoms with Crippen LogP contribution in [0.4, 0.5) is 19.1 Å². The summed E-state index contributed by atoms with van der Waals surface area (Å²) in [5.74, 6) is 0.0429. The normalized spacial score (nSPS) is 12.2. The molecule has 0 saturated carbocycles. The van der Waals surface area contributed by atoms with Crippen LogP contribution < -0.4 is 5.32 Å². The summed E-state index contributed by atoms with van der Waals surface area (Å²) in [4.78, 5) is 13.4. The van der Waals surface area contributed by atoms with Gasteiger partial charge in [0.05, 0.1) is 29.5 Å². The summed E-state index contributed by atoms with van der Waals surface area (Å²) < 4.78 is 40.8. The molecule has 0 aliphatic rings. The first-order valence-electron chi connectivity index (χ1n) is 10.3. The van der Waals surface area contributed by atoms with E-state index in [0.29, 0.717) is 28.6 Å². The topological polar surface area (TPSA) is 55.6 Å². The van der Waals surface area contributed by atoms with Crippen molar-refractivity contribution in [2.75, 3.05) is 5.32 Å². The van der Waals surface area contributed by atoms with Crippen LogP contribution in [0.5, 0.6) is 0 Å². The number of halogens is 3. The summed E-state index contributed by atoms with van der Waals surface area (Å²) >= 11 is 0. The van der Waals surface area contributed by atoms with E-state index in [1.54, 1.807) is 29.0 Å². The van der Waals surface area contributed by atoms with Crippen molar-refractivity contribution in [3.05, 3.63) is 84.6 Å². The number of alkyl halides is 2. The van der Waals surface area contributed by atoms with Crippen molar-refractivity contribution < 1.29 is 13.2 Å². The van der Waals surface area contributed by atoms with Crippen molar-refractivity contribution in [1.29, 1.82) is 0 Å². The van der Waals surface area contributed by atoms with Crippen molar-refractivity contribution in [2.24, 2.45) is 0 Å². The first-order chi connectivity index (χ1) is 15.5. The molecule has 0 unspecified atom stereocenters. The Morgan fingerprint density at radius 1 is 0.969 bits per heavy atom. The summed E-state index contributed by atoms with van der Waals surface area (Å²) in [6.45, 7) is 2.08. The minimum atomic E-state index is -2.44. The van der Waals surface area contributed by atoms with Crippen molar-refractivity contribution in [2.45, 2.75) is 32.4 Å². The SMILES string of the molecule is C[C@@H](Nc1nccc(-c2c(-c3ccc(F)cc3)ncn2CCC(F)F)n1)c1ccccc1. The molecule has 0 aliphatic carbocycles. The fourth-order valence-corrected chi connectivity index (χ4v) is 3.45. The molecule has 0 fully saturated rings. The van der Waals surface area contributed by atoms with Crippen LogP contribution in [-0.4, -0.2) is 25.9 Å². The Kier molecular flexibility index (Phi) is 6.49. The van der Waals surface area contributed by atoms with Gasteiger partial charge >= 0.3 is 0 Å². The maximum absolute atomic E-state index is 13.4. The van der Waals surface area contributed by atoms with Crippen molar-refractivity contribution in [1.82, 2.24) is 19.5 Å². The van der Waals surface area contributed by atoms with E-state index in [1.165, 1.54) is 18.5 Å². The zero-order valence-corrected chi connectivity index (χ0v) is 17.4. The zero-order chi connectivity index (χ0) is 22.5. The van der Waals surface area contributed by atoms with Gasteiger partial charge in [-0.1, -0.05) is 30.3 Å². The van der Waals surface area contributed by atoms with Crippen molar-refractivity contribution in [3.8, 4) is 22.6 Å². The lowest BCUT2D eigenvalue weighted by Crippen LogP contribution is -2.10. The lowest BCUT2D eigenvalue weighted by Gasteiger charge is -2.15. The van der Waals surface area contributed by atoms with Crippen molar-refractivity contribution in [3.63, 3.8) is 0 Å². The second-order valence-corrected chi connectivity index (χ2v) is 7.36. The largest absolute Gasteiger partial charge is 0.348 e. The van der Waals surface area contributed by atoms with E-state index in [9.17, 15) is 13.2 Å². The number of hydrogen-bond acceptors (Lipinski definition) is 4. The Morgan fingerprint density at radius 2 is 1.72 bits per heavy atom. The number of nitrogens with zero attached hydrogens (tertiary/aromatic N) is 4. The molecule has 0 radical (unpaired) electrons. The Morgan fingerprint density at radius 3 is 2.44 bits per heavy atom. The third-order valence-corrected chi connectivity index (χ3v) is 5.09. The number of hydrogen-bond donors (Lipinski definition) is 1. The number of rotatable bonds is 8. The van der Waals surface area contributed by atoms with Gasteiger partial charge in [0.1, 0.15) is 5.82 Å². The van der Waals surface area contributed by atoms with Crippen LogP contribution in [-0.2, 0) is 6.54 Å². The van der Waals surface area contributed by atoms with Gasteiger partial charge in [-0.2, -0.15) is 0 Å². The van der Waals surface area contributed by atoms with Gasteiger partial charge in [-0.05, 0) is 42.8 Å². The predicted octanol–water partition coefficient (Wildman–Crippen LogP) is 5.97. The Labute approximate surface area is 184 Å². The maximum Gasteiger partial charge on any atom is 0.240 e. The number of anilines is 1. The molecule has 0 amide bonds. The molecule has 164 valence electrons. The van der Waals surface area contributed by atoms with Gasteiger partial charge in [0, 0.05) is 24.7 Å². The minimum absolute atomic E-state index is 0.0354. The van der Waals surface area contributed by atoms with Crippen LogP contribution in [0.1, 0.15) is 24.9 Å². The van der Waals surface area contributed by atoms with Crippen LogP contribution >= 0.6 is 0 Å². The first-order valence-corrected chi connectivity index (χ1v) is 10.3. The van der Waals surface area contributed by atoms with Gasteiger partial charge in [0.15, 0.2) is 0 Å². The molecular weight excluding hydrogens is 415 g/mol. The lowest BCUT2D eigenvalue weighted by atomic mass is 10.1. The second kappa shape index (κ2) is 9.64. The van der Waals surface area contributed by atoms with Crippen LogP contribution in [0.3, 0.4) is 0 Å². The molecule has 0 spiro atoms. The third-order valence-electron chi connectivity index (χ3n) is 5.09. The van der Waals surface area contributed by atoms with E-state index in [1.807, 2.05) is 37.3 Å². The average Bonchev–Trinajstić information content (AvgIpc) is 3.23. The van der Waals surface area contributed by atoms with Gasteiger partial charge < -0.3 is 9.88 Å². The smallest absolute Gasteiger partial charge is 0.240 e. The molecule has 0 bridgehead atoms. The van der Waals surface area contributed by atoms with Crippen LogP contribution in [0.2, 0.25) is 0 Å². The predicted molar refractivity (Wildman–Crippen MR) is 118 cm³/mol. The highest BCUT2D eigenvalue weighted by atomic mass is 19.3. The highest BCUT2D eigenvalue weighted by Gasteiger charge is 2.18. The van der Waals surface area contributed by atoms with Gasteiger partial charge in [-0.15, -0.1) is 0 Å². The molecule has 1 atom stereocenters. The van der Waals surface area contributed by atoms with Gasteiger partial charge in [-0.3, -0.25) is 0 Å². The number of imidazole rings is 1. The minimum Gasteiger partial charge on any atom is -0.348 e. The third kappa shape index (κ3) is 4.96. The van der Waals surface area contributed by atoms with E-state index in [0.717, 1.165) is 5.56 Å². The standard InChI is InChI=1S/C24H22F3N5/c1-16(17-5-3-2-4-6-17)30-24-28-13-11-20(31-24)23-22(18-7-9-19(25)10-8-18)29-15-32(23)14-12-21(26)27/h2-11,13,15-16,21H,12,14H2,1H3,(H,28,30,31)/t16-/m1/s1. The zero-order valence-electron chi connectivity index (χ0n) is 17.4. The van der Waals surface area contributed by atoms with Crippen LogP contribution in [0.15, 0.2) is 73.2 Å². The Hall–Kier alpha value is -3.68. The Bertz CT molecular complexity index is 1160. The molecule has 5 nitrogen and oxygen atoms in total. The molecule has 2 aromatic heterocycles. The van der Waals surface area contributed by atoms with E-state index < -0.39 is 6.43 Å². The highest BCUT2D eigenvalue weighted by Crippen LogP contribution is 2.31. The molecule has 4 rings (SSSR count). The summed E-state index contributed by atoms with van der Waals surface area (Å²) in [7, 11) is 0. The number of nitrogens with one attached hydrogen (secondary N) is 1. The molecular formula is C24H22F3N5. The summed E-state index contributed by atoms with van der Waals surface area (Å²) in [6, 6.07) is 17.5. The fourth-order valence-electron chi connectivity index (χ4n) is 3.45. The molecule has 4 aromatic rings. The average molecular weight is 437 g/mol. The van der Waals surface area contributed by atoms with Crippen LogP contribution in [0, 0.1) is 5.82 Å². The number of aryl methyl sites for hydroxylation is 1. The molecule has 0 saturated heterocycles. The first kappa shape index (κ1) is 21.5. The number of benzene rings is 2. The van der Waals surface area contributed by atoms with E-state index in [4.69, 9.17) is 0 Å². The summed E-state index contributed by atoms with van der Waals surface area (Å²) in [5.41, 5.74) is 3.41. The second-order valence-electron chi connectivity index (χ2n) is 7.36. The van der Waals surface area contributed by atoms with Crippen molar-refractivity contribution >= 4 is 5.95 Å². The van der Waals surface area contributed by atoms with E-state index >= 15 is 0 Å². The fraction of sp³-hybridized carbons (Fsp3) is 0.208. The summed E-state index contributed by atoms with van der Waals surface area (Å²) in [5, 5.41) is 3.28. The molecule has 8 heteroatoms. The van der Waals surface area contributed by atoms with E-state index in [-0.39, 0.29) is 24.8 Å². The lowest BCUT2D eigenvalue weighted by molar-refractivity contribution is 0.131. The molecule has 2 heterocycles. The quantitative estimate of drug-likeness (QED) is 0.369. The number of aromatic nitrogens is 4. The monoisotopic (exact) mass is 437 g/mol. The molecule has 2 aromatic carbocycles. The van der Waals surface area contributed by atoms with Gasteiger partial charge in [0.2, 0.25) is 12.4 Å². The van der Waals surface area contributed by atoms with Gasteiger partial charge in [-0.25, -0.2) is 28.1 Å². The highest BCUT2D eigenvalue weighted by molar-refractivity contribution is 5.77. The summed E-state index contributed by atoms with van der Waals surface area (Å²) in [6.07, 6.45) is 0.376.